The standard InChI is InChI=1S/C22H25N3O3/c1-14-3-5-16(6-4-14)20(23-15(2)26)13-21(27)24-18-9-7-17(8-10-18)22(28)25-19-11-12-19/h3-10,19-20H,11-13H2,1-2H3,(H,23,26)(H,24,27)(H,25,28). The molecule has 146 valence electrons. The molecule has 0 aromatic heterocycles. The van der Waals surface area contributed by atoms with Crippen molar-refractivity contribution >= 4 is 23.4 Å². The summed E-state index contributed by atoms with van der Waals surface area (Å²) in [7, 11) is 0. The molecule has 2 aromatic carbocycles. The van der Waals surface area contributed by atoms with Crippen molar-refractivity contribution in [1.29, 1.82) is 0 Å². The van der Waals surface area contributed by atoms with Crippen molar-refractivity contribution in [3.05, 3.63) is 65.2 Å². The topological polar surface area (TPSA) is 87.3 Å². The van der Waals surface area contributed by atoms with Gasteiger partial charge in [-0.1, -0.05) is 29.8 Å². The highest BCUT2D eigenvalue weighted by Crippen LogP contribution is 2.21. The number of aryl methyl sites for hydroxylation is 1. The molecule has 2 aromatic rings. The quantitative estimate of drug-likeness (QED) is 0.691. The minimum atomic E-state index is -0.401. The minimum absolute atomic E-state index is 0.0922. The molecule has 3 rings (SSSR count). The average molecular weight is 379 g/mol. The number of rotatable bonds is 7. The van der Waals surface area contributed by atoms with Gasteiger partial charge in [0.1, 0.15) is 0 Å². The van der Waals surface area contributed by atoms with Crippen LogP contribution in [0.1, 0.15) is 53.7 Å². The molecular formula is C22H25N3O3. The Bertz CT molecular complexity index is 856. The molecule has 3 N–H and O–H groups in total. The van der Waals surface area contributed by atoms with Gasteiger partial charge >= 0.3 is 0 Å². The van der Waals surface area contributed by atoms with Gasteiger partial charge in [-0.05, 0) is 49.6 Å². The van der Waals surface area contributed by atoms with Crippen LogP contribution in [0.25, 0.3) is 0 Å². The van der Waals surface area contributed by atoms with Crippen LogP contribution in [0.5, 0.6) is 0 Å². The number of hydrogen-bond acceptors (Lipinski definition) is 3. The van der Waals surface area contributed by atoms with Crippen LogP contribution < -0.4 is 16.0 Å². The zero-order chi connectivity index (χ0) is 20.1. The Labute approximate surface area is 164 Å². The maximum Gasteiger partial charge on any atom is 0.251 e. The van der Waals surface area contributed by atoms with E-state index in [0.29, 0.717) is 17.3 Å². The Kier molecular flexibility index (Phi) is 6.09. The number of benzene rings is 2. The predicted molar refractivity (Wildman–Crippen MR) is 108 cm³/mol. The smallest absolute Gasteiger partial charge is 0.251 e. The Morgan fingerprint density at radius 3 is 2.21 bits per heavy atom. The van der Waals surface area contributed by atoms with Crippen LogP contribution in [0.4, 0.5) is 5.69 Å². The van der Waals surface area contributed by atoms with E-state index in [0.717, 1.165) is 24.0 Å². The molecule has 0 bridgehead atoms. The van der Waals surface area contributed by atoms with Gasteiger partial charge in [-0.15, -0.1) is 0 Å². The molecular weight excluding hydrogens is 354 g/mol. The van der Waals surface area contributed by atoms with Crippen LogP contribution in [-0.4, -0.2) is 23.8 Å². The second-order valence-electron chi connectivity index (χ2n) is 7.24. The maximum absolute atomic E-state index is 12.5. The lowest BCUT2D eigenvalue weighted by atomic mass is 10.0. The molecule has 1 fully saturated rings. The number of anilines is 1. The first-order valence-corrected chi connectivity index (χ1v) is 9.45. The molecule has 1 aliphatic carbocycles. The summed E-state index contributed by atoms with van der Waals surface area (Å²) in [6.07, 6.45) is 2.19. The minimum Gasteiger partial charge on any atom is -0.349 e. The number of amides is 3. The van der Waals surface area contributed by atoms with Gasteiger partial charge < -0.3 is 16.0 Å². The fraction of sp³-hybridized carbons (Fsp3) is 0.318. The molecule has 0 radical (unpaired) electrons. The van der Waals surface area contributed by atoms with Gasteiger partial charge in [-0.3, -0.25) is 14.4 Å². The summed E-state index contributed by atoms with van der Waals surface area (Å²) in [6.45, 7) is 3.42. The van der Waals surface area contributed by atoms with Crippen molar-refractivity contribution in [2.24, 2.45) is 0 Å². The van der Waals surface area contributed by atoms with Crippen LogP contribution in [0.3, 0.4) is 0 Å². The summed E-state index contributed by atoms with van der Waals surface area (Å²) >= 11 is 0. The van der Waals surface area contributed by atoms with Crippen molar-refractivity contribution < 1.29 is 14.4 Å². The lowest BCUT2D eigenvalue weighted by Gasteiger charge is -2.18. The van der Waals surface area contributed by atoms with Crippen molar-refractivity contribution in [2.45, 2.75) is 45.2 Å². The van der Waals surface area contributed by atoms with Crippen molar-refractivity contribution in [1.82, 2.24) is 10.6 Å². The maximum atomic E-state index is 12.5. The van der Waals surface area contributed by atoms with E-state index in [1.807, 2.05) is 31.2 Å². The molecule has 28 heavy (non-hydrogen) atoms. The Morgan fingerprint density at radius 1 is 1.00 bits per heavy atom. The Morgan fingerprint density at radius 2 is 1.64 bits per heavy atom. The van der Waals surface area contributed by atoms with E-state index in [9.17, 15) is 14.4 Å². The van der Waals surface area contributed by atoms with Gasteiger partial charge in [0.05, 0.1) is 12.5 Å². The SMILES string of the molecule is CC(=O)NC(CC(=O)Nc1ccc(C(=O)NC2CC2)cc1)c1ccc(C)cc1. The molecule has 1 saturated carbocycles. The highest BCUT2D eigenvalue weighted by atomic mass is 16.2. The summed E-state index contributed by atoms with van der Waals surface area (Å²) in [4.78, 5) is 36.0. The highest BCUT2D eigenvalue weighted by Gasteiger charge is 2.23. The zero-order valence-electron chi connectivity index (χ0n) is 16.1. The van der Waals surface area contributed by atoms with E-state index in [1.165, 1.54) is 6.92 Å². The molecule has 6 heteroatoms. The third-order valence-corrected chi connectivity index (χ3v) is 4.59. The van der Waals surface area contributed by atoms with Gasteiger partial charge in [0.15, 0.2) is 0 Å². The average Bonchev–Trinajstić information content (AvgIpc) is 3.46. The largest absolute Gasteiger partial charge is 0.349 e. The van der Waals surface area contributed by atoms with Gasteiger partial charge in [0.25, 0.3) is 5.91 Å². The molecule has 0 aliphatic heterocycles. The molecule has 0 saturated heterocycles. The van der Waals surface area contributed by atoms with E-state index >= 15 is 0 Å². The molecule has 1 unspecified atom stereocenters. The van der Waals surface area contributed by atoms with Crippen LogP contribution >= 0.6 is 0 Å². The first-order chi connectivity index (χ1) is 13.4. The van der Waals surface area contributed by atoms with E-state index in [4.69, 9.17) is 0 Å². The van der Waals surface area contributed by atoms with Gasteiger partial charge in [0, 0.05) is 24.2 Å². The van der Waals surface area contributed by atoms with Gasteiger partial charge in [-0.25, -0.2) is 0 Å². The highest BCUT2D eigenvalue weighted by molar-refractivity contribution is 5.96. The van der Waals surface area contributed by atoms with E-state index in [2.05, 4.69) is 16.0 Å². The molecule has 1 atom stereocenters. The number of nitrogens with one attached hydrogen (secondary N) is 3. The fourth-order valence-corrected chi connectivity index (χ4v) is 2.90. The fourth-order valence-electron chi connectivity index (χ4n) is 2.90. The third-order valence-electron chi connectivity index (χ3n) is 4.59. The molecule has 1 aliphatic rings. The summed E-state index contributed by atoms with van der Waals surface area (Å²) in [5, 5.41) is 8.58. The van der Waals surface area contributed by atoms with Crippen LogP contribution in [0, 0.1) is 6.92 Å². The van der Waals surface area contributed by atoms with Crippen LogP contribution in [0.15, 0.2) is 48.5 Å². The zero-order valence-corrected chi connectivity index (χ0v) is 16.1. The summed E-state index contributed by atoms with van der Waals surface area (Å²) in [5.74, 6) is -0.496. The first kappa shape index (κ1) is 19.6. The molecule has 6 nitrogen and oxygen atoms in total. The first-order valence-electron chi connectivity index (χ1n) is 9.45. The predicted octanol–water partition coefficient (Wildman–Crippen LogP) is 3.09. The normalized spacial score (nSPS) is 14.1. The lowest BCUT2D eigenvalue weighted by molar-refractivity contribution is -0.120. The number of carbonyl (C=O) groups excluding carboxylic acids is 3. The van der Waals surface area contributed by atoms with E-state index in [1.54, 1.807) is 24.3 Å². The van der Waals surface area contributed by atoms with Crippen molar-refractivity contribution in [3.63, 3.8) is 0 Å². The van der Waals surface area contributed by atoms with Crippen LogP contribution in [-0.2, 0) is 9.59 Å². The molecule has 0 heterocycles. The Balaban J connectivity index is 1.61. The van der Waals surface area contributed by atoms with Gasteiger partial charge in [0.2, 0.25) is 11.8 Å². The van der Waals surface area contributed by atoms with E-state index < -0.39 is 6.04 Å². The van der Waals surface area contributed by atoms with Crippen molar-refractivity contribution in [2.75, 3.05) is 5.32 Å². The lowest BCUT2D eigenvalue weighted by Crippen LogP contribution is -2.29. The van der Waals surface area contributed by atoms with E-state index in [-0.39, 0.29) is 24.1 Å². The molecule has 0 spiro atoms. The summed E-state index contributed by atoms with van der Waals surface area (Å²) in [6, 6.07) is 14.4. The third kappa shape index (κ3) is 5.67. The number of hydrogen-bond donors (Lipinski definition) is 3. The monoisotopic (exact) mass is 379 g/mol. The molecule has 3 amide bonds. The summed E-state index contributed by atoms with van der Waals surface area (Å²) < 4.78 is 0. The second-order valence-corrected chi connectivity index (χ2v) is 7.24. The Hall–Kier alpha value is -3.15. The summed E-state index contributed by atoms with van der Waals surface area (Å²) in [5.41, 5.74) is 3.17. The van der Waals surface area contributed by atoms with Crippen molar-refractivity contribution in [3.8, 4) is 0 Å². The van der Waals surface area contributed by atoms with Crippen LogP contribution in [0.2, 0.25) is 0 Å². The second kappa shape index (κ2) is 8.69. The number of carbonyl (C=O) groups is 3. The van der Waals surface area contributed by atoms with Gasteiger partial charge in [-0.2, -0.15) is 0 Å².